The number of aliphatic hydroxyl groups is 1. The molecule has 3 N–H and O–H groups in total. The minimum atomic E-state index is -1.17. The van der Waals surface area contributed by atoms with Gasteiger partial charge in [-0.05, 0) is 25.0 Å². The number of carbonyl (C=O) groups is 2. The van der Waals surface area contributed by atoms with E-state index in [-0.39, 0.29) is 28.0 Å². The maximum Gasteiger partial charge on any atom is 0.404 e. The summed E-state index contributed by atoms with van der Waals surface area (Å²) in [7, 11) is 0. The zero-order valence-corrected chi connectivity index (χ0v) is 16.6. The number of benzene rings is 1. The maximum atomic E-state index is 13.6. The smallest absolute Gasteiger partial charge is 0.404 e. The Bertz CT molecular complexity index is 951. The molecule has 8 nitrogen and oxygen atoms in total. The van der Waals surface area contributed by atoms with Crippen LogP contribution in [0.15, 0.2) is 24.4 Å². The summed E-state index contributed by atoms with van der Waals surface area (Å²) >= 11 is 12.0. The first kappa shape index (κ1) is 21.2. The molecular weight excluding hydrogens is 426 g/mol. The number of ketones is 1. The number of anilines is 1. The zero-order valence-electron chi connectivity index (χ0n) is 15.1. The highest BCUT2D eigenvalue weighted by Gasteiger charge is 2.34. The number of piperidine rings is 1. The van der Waals surface area contributed by atoms with E-state index in [1.807, 2.05) is 4.90 Å². The van der Waals surface area contributed by atoms with Gasteiger partial charge < -0.3 is 20.5 Å². The molecule has 2 aromatic rings. The maximum absolute atomic E-state index is 13.6. The lowest BCUT2D eigenvalue weighted by molar-refractivity contribution is -0.0368. The van der Waals surface area contributed by atoms with Crippen LogP contribution in [0.2, 0.25) is 10.2 Å². The molecule has 0 radical (unpaired) electrons. The fourth-order valence-electron chi connectivity index (χ4n) is 2.97. The number of aromatic nitrogens is 2. The average molecular weight is 443 g/mol. The van der Waals surface area contributed by atoms with Crippen LogP contribution < -0.4 is 10.6 Å². The summed E-state index contributed by atoms with van der Waals surface area (Å²) in [6.07, 6.45) is 1.03. The van der Waals surface area contributed by atoms with Gasteiger partial charge in [-0.15, -0.1) is 0 Å². The van der Waals surface area contributed by atoms with E-state index in [1.54, 1.807) is 0 Å². The molecule has 0 bridgehead atoms. The molecule has 1 aromatic carbocycles. The Balaban J connectivity index is 1.73. The van der Waals surface area contributed by atoms with E-state index in [2.05, 4.69) is 9.97 Å². The van der Waals surface area contributed by atoms with Crippen LogP contribution in [0.5, 0.6) is 0 Å². The third-order valence-corrected chi connectivity index (χ3v) is 5.28. The average Bonchev–Trinajstić information content (AvgIpc) is 2.69. The van der Waals surface area contributed by atoms with Crippen LogP contribution in [-0.4, -0.2) is 52.2 Å². The van der Waals surface area contributed by atoms with Crippen molar-refractivity contribution in [1.29, 1.82) is 0 Å². The third kappa shape index (κ3) is 4.75. The first-order valence-corrected chi connectivity index (χ1v) is 9.36. The van der Waals surface area contributed by atoms with E-state index in [4.69, 9.17) is 33.7 Å². The van der Waals surface area contributed by atoms with Gasteiger partial charge in [0.1, 0.15) is 29.5 Å². The van der Waals surface area contributed by atoms with Crippen molar-refractivity contribution < 1.29 is 23.8 Å². The van der Waals surface area contributed by atoms with Crippen LogP contribution in [0.3, 0.4) is 0 Å². The Morgan fingerprint density at radius 3 is 2.62 bits per heavy atom. The van der Waals surface area contributed by atoms with Crippen molar-refractivity contribution in [3.05, 3.63) is 51.6 Å². The van der Waals surface area contributed by atoms with Crippen molar-refractivity contribution in [2.75, 3.05) is 24.6 Å². The molecule has 0 aliphatic carbocycles. The number of nitrogens with zero attached hydrogens (tertiary/aromatic N) is 3. The van der Waals surface area contributed by atoms with Gasteiger partial charge in [0, 0.05) is 18.7 Å². The Kier molecular flexibility index (Phi) is 6.21. The molecule has 0 atom stereocenters. The van der Waals surface area contributed by atoms with E-state index in [1.165, 1.54) is 18.3 Å². The molecule has 1 aliphatic rings. The van der Waals surface area contributed by atoms with Crippen molar-refractivity contribution >= 4 is 40.9 Å². The summed E-state index contributed by atoms with van der Waals surface area (Å²) in [4.78, 5) is 33.4. The monoisotopic (exact) mass is 442 g/mol. The molecule has 1 saturated heterocycles. The molecule has 1 fully saturated rings. The van der Waals surface area contributed by atoms with Gasteiger partial charge in [0.25, 0.3) is 0 Å². The number of nitrogens with two attached hydrogens (primary N) is 1. The Morgan fingerprint density at radius 2 is 2.00 bits per heavy atom. The number of ether oxygens (including phenoxy) is 1. The van der Waals surface area contributed by atoms with E-state index < -0.39 is 23.3 Å². The van der Waals surface area contributed by atoms with Crippen LogP contribution in [0.1, 0.15) is 28.9 Å². The van der Waals surface area contributed by atoms with Crippen LogP contribution >= 0.6 is 23.2 Å². The van der Waals surface area contributed by atoms with Crippen molar-refractivity contribution in [2.24, 2.45) is 5.73 Å². The summed E-state index contributed by atoms with van der Waals surface area (Å²) in [6, 6.07) is 3.88. The van der Waals surface area contributed by atoms with Crippen molar-refractivity contribution in [2.45, 2.75) is 18.4 Å². The highest BCUT2D eigenvalue weighted by atomic mass is 35.5. The summed E-state index contributed by atoms with van der Waals surface area (Å²) in [5.41, 5.74) is 3.55. The summed E-state index contributed by atoms with van der Waals surface area (Å²) in [6.45, 7) is 0.601. The zero-order chi connectivity index (χ0) is 21.2. The summed E-state index contributed by atoms with van der Waals surface area (Å²) < 4.78 is 18.3. The number of halogens is 3. The molecule has 3 rings (SSSR count). The lowest BCUT2D eigenvalue weighted by Gasteiger charge is -2.38. The quantitative estimate of drug-likeness (QED) is 0.682. The molecule has 1 aliphatic heterocycles. The van der Waals surface area contributed by atoms with Crippen molar-refractivity contribution in [3.63, 3.8) is 0 Å². The number of amides is 1. The van der Waals surface area contributed by atoms with Gasteiger partial charge in [-0.3, -0.25) is 4.79 Å². The number of hydrogen-bond donors (Lipinski definition) is 2. The standard InChI is InChI=1S/C18H17Cl2FN4O4/c19-13-10(2-1-3-11(13)21)15(26)14-16(20)24-12(8-23-14)25-6-4-18(28,5-7-25)9-29-17(22)27/h1-3,8,28H,4-7,9H2,(H2,22,27). The predicted octanol–water partition coefficient (Wildman–Crippen LogP) is 2.58. The number of rotatable bonds is 5. The van der Waals surface area contributed by atoms with E-state index in [0.717, 1.165) is 6.07 Å². The van der Waals surface area contributed by atoms with Gasteiger partial charge in [-0.1, -0.05) is 29.3 Å². The van der Waals surface area contributed by atoms with Crippen LogP contribution in [0.4, 0.5) is 15.0 Å². The Morgan fingerprint density at radius 1 is 1.31 bits per heavy atom. The largest absolute Gasteiger partial charge is 0.447 e. The lowest BCUT2D eigenvalue weighted by Crippen LogP contribution is -2.48. The molecule has 2 heterocycles. The van der Waals surface area contributed by atoms with Crippen molar-refractivity contribution in [1.82, 2.24) is 9.97 Å². The van der Waals surface area contributed by atoms with Gasteiger partial charge in [0.05, 0.1) is 11.2 Å². The van der Waals surface area contributed by atoms with E-state index in [0.29, 0.717) is 31.7 Å². The normalized spacial score (nSPS) is 15.8. The molecular formula is C18H17Cl2FN4O4. The summed E-state index contributed by atoms with van der Waals surface area (Å²) in [5, 5.41) is 9.96. The topological polar surface area (TPSA) is 119 Å². The highest BCUT2D eigenvalue weighted by molar-refractivity contribution is 6.37. The minimum Gasteiger partial charge on any atom is -0.447 e. The van der Waals surface area contributed by atoms with E-state index >= 15 is 0 Å². The molecule has 11 heteroatoms. The van der Waals surface area contributed by atoms with Gasteiger partial charge >= 0.3 is 6.09 Å². The molecule has 0 saturated carbocycles. The fourth-order valence-corrected chi connectivity index (χ4v) is 3.40. The molecule has 0 spiro atoms. The van der Waals surface area contributed by atoms with Crippen LogP contribution in [0.25, 0.3) is 0 Å². The van der Waals surface area contributed by atoms with Gasteiger partial charge in [-0.25, -0.2) is 19.2 Å². The van der Waals surface area contributed by atoms with Gasteiger partial charge in [0.15, 0.2) is 5.15 Å². The SMILES string of the molecule is NC(=O)OCC1(O)CCN(c2cnc(C(=O)c3cccc(F)c3Cl)c(Cl)n2)CC1. The Labute approximate surface area is 175 Å². The van der Waals surface area contributed by atoms with Gasteiger partial charge in [-0.2, -0.15) is 0 Å². The minimum absolute atomic E-state index is 0.0619. The van der Waals surface area contributed by atoms with Crippen LogP contribution in [0, 0.1) is 5.82 Å². The second-order valence-corrected chi connectivity index (χ2v) is 7.35. The second kappa shape index (κ2) is 8.48. The number of carbonyl (C=O) groups excluding carboxylic acids is 2. The molecule has 29 heavy (non-hydrogen) atoms. The van der Waals surface area contributed by atoms with Crippen molar-refractivity contribution in [3.8, 4) is 0 Å². The van der Waals surface area contributed by atoms with Crippen LogP contribution in [-0.2, 0) is 4.74 Å². The molecule has 154 valence electrons. The fraction of sp³-hybridized carbons (Fsp3) is 0.333. The second-order valence-electron chi connectivity index (χ2n) is 6.62. The summed E-state index contributed by atoms with van der Waals surface area (Å²) in [5.74, 6) is -0.954. The predicted molar refractivity (Wildman–Crippen MR) is 104 cm³/mol. The first-order valence-electron chi connectivity index (χ1n) is 8.61. The molecule has 1 aromatic heterocycles. The molecule has 0 unspecified atom stereocenters. The molecule has 1 amide bonds. The van der Waals surface area contributed by atoms with E-state index in [9.17, 15) is 19.1 Å². The van der Waals surface area contributed by atoms with Gasteiger partial charge in [0.2, 0.25) is 5.78 Å². The first-order chi connectivity index (χ1) is 13.7. The highest BCUT2D eigenvalue weighted by Crippen LogP contribution is 2.28. The lowest BCUT2D eigenvalue weighted by atomic mass is 9.92. The third-order valence-electron chi connectivity index (χ3n) is 4.63. The number of hydrogen-bond acceptors (Lipinski definition) is 7. The Hall–Kier alpha value is -2.49. The number of primary amides is 1.